The zero-order chi connectivity index (χ0) is 14.4. The molecule has 2 aromatic carbocycles. The number of hydrogen-bond donors (Lipinski definition) is 0. The molecule has 20 heavy (non-hydrogen) atoms. The van der Waals surface area contributed by atoms with E-state index in [0.29, 0.717) is 12.2 Å². The van der Waals surface area contributed by atoms with Gasteiger partial charge in [-0.3, -0.25) is 0 Å². The maximum absolute atomic E-state index is 12.4. The van der Waals surface area contributed by atoms with E-state index in [-0.39, 0.29) is 5.56 Å². The summed E-state index contributed by atoms with van der Waals surface area (Å²) in [7, 11) is 0. The van der Waals surface area contributed by atoms with Gasteiger partial charge in [-0.1, -0.05) is 59.3 Å². The molecule has 4 heteroatoms. The van der Waals surface area contributed by atoms with Crippen LogP contribution in [0.5, 0.6) is 0 Å². The zero-order valence-electron chi connectivity index (χ0n) is 11.0. The number of nitrogens with zero attached hydrogens (tertiary/aromatic N) is 1. The minimum atomic E-state index is -2.46. The van der Waals surface area contributed by atoms with Gasteiger partial charge in [-0.15, -0.1) is 0 Å². The first-order valence-electron chi connectivity index (χ1n) is 6.17. The molecule has 0 spiro atoms. The molecule has 0 saturated carbocycles. The fraction of sp³-hybridized carbons (Fsp3) is 0.188. The van der Waals surface area contributed by atoms with Crippen molar-refractivity contribution >= 4 is 6.21 Å². The number of alkyl halides is 2. The van der Waals surface area contributed by atoms with Crippen LogP contribution in [0, 0.1) is 6.92 Å². The van der Waals surface area contributed by atoms with Gasteiger partial charge in [0.25, 0.3) is 6.43 Å². The molecular formula is C16H14F2NO. The minimum absolute atomic E-state index is 0.0175. The molecule has 0 bridgehead atoms. The van der Waals surface area contributed by atoms with Crippen LogP contribution in [-0.2, 0) is 11.4 Å². The number of hydrogen-bond acceptors (Lipinski definition) is 2. The van der Waals surface area contributed by atoms with Crippen LogP contribution in [0.1, 0.15) is 28.7 Å². The molecule has 2 nitrogen and oxygen atoms in total. The Morgan fingerprint density at radius 1 is 1.05 bits per heavy atom. The maximum atomic E-state index is 12.4. The van der Waals surface area contributed by atoms with Gasteiger partial charge in [-0.25, -0.2) is 8.78 Å². The smallest absolute Gasteiger partial charge is 0.263 e. The van der Waals surface area contributed by atoms with E-state index in [1.807, 2.05) is 31.2 Å². The highest BCUT2D eigenvalue weighted by atomic mass is 19.3. The van der Waals surface area contributed by atoms with Gasteiger partial charge < -0.3 is 4.84 Å². The summed E-state index contributed by atoms with van der Waals surface area (Å²) in [6, 6.07) is 13.7. The molecule has 0 atom stereocenters. The lowest BCUT2D eigenvalue weighted by Crippen LogP contribution is -1.89. The Balaban J connectivity index is 1.85. The second-order valence-electron chi connectivity index (χ2n) is 4.38. The third-order valence-corrected chi connectivity index (χ3v) is 2.75. The van der Waals surface area contributed by atoms with Gasteiger partial charge in [-0.2, -0.15) is 0 Å². The summed E-state index contributed by atoms with van der Waals surface area (Å²) in [6.45, 7) is 2.36. The zero-order valence-corrected chi connectivity index (χ0v) is 11.0. The summed E-state index contributed by atoms with van der Waals surface area (Å²) < 4.78 is 24.7. The molecule has 0 N–H and O–H groups in total. The van der Waals surface area contributed by atoms with Gasteiger partial charge in [0.15, 0.2) is 0 Å². The average Bonchev–Trinajstić information content (AvgIpc) is 2.46. The van der Waals surface area contributed by atoms with Crippen molar-refractivity contribution in [2.45, 2.75) is 20.0 Å². The van der Waals surface area contributed by atoms with E-state index in [9.17, 15) is 8.78 Å². The Kier molecular flexibility index (Phi) is 4.82. The Bertz CT molecular complexity index is 562. The van der Waals surface area contributed by atoms with Gasteiger partial charge >= 0.3 is 0 Å². The quantitative estimate of drug-likeness (QED) is 0.586. The van der Waals surface area contributed by atoms with Crippen LogP contribution in [0.15, 0.2) is 53.7 Å². The summed E-state index contributed by atoms with van der Waals surface area (Å²) >= 11 is 0. The van der Waals surface area contributed by atoms with Crippen LogP contribution in [0.3, 0.4) is 0 Å². The Labute approximate surface area is 116 Å². The summed E-state index contributed by atoms with van der Waals surface area (Å²) in [4.78, 5) is 5.11. The lowest BCUT2D eigenvalue weighted by atomic mass is 10.1. The predicted octanol–water partition coefficient (Wildman–Crippen LogP) is 4.36. The molecular weight excluding hydrogens is 260 g/mol. The molecule has 0 amide bonds. The van der Waals surface area contributed by atoms with Crippen molar-refractivity contribution in [3.63, 3.8) is 0 Å². The standard InChI is InChI=1S/C16H14F2NO/c1-12-2-4-14(5-3-12)11-20-19-10-13-6-8-15(9-7-13)16(17)18/h2-9,16H,11H2,1H3. The molecule has 103 valence electrons. The van der Waals surface area contributed by atoms with Gasteiger partial charge in [0.05, 0.1) is 0 Å². The van der Waals surface area contributed by atoms with E-state index in [4.69, 9.17) is 4.84 Å². The largest absolute Gasteiger partial charge is 0.390 e. The molecule has 2 rings (SSSR count). The van der Waals surface area contributed by atoms with Crippen LogP contribution in [0.25, 0.3) is 0 Å². The third-order valence-electron chi connectivity index (χ3n) is 2.75. The molecule has 1 radical (unpaired) electrons. The van der Waals surface area contributed by atoms with Crippen molar-refractivity contribution in [3.05, 3.63) is 70.8 Å². The van der Waals surface area contributed by atoms with Crippen LogP contribution in [0.4, 0.5) is 8.78 Å². The average molecular weight is 274 g/mol. The van der Waals surface area contributed by atoms with E-state index in [1.54, 1.807) is 0 Å². The maximum Gasteiger partial charge on any atom is 0.263 e. The van der Waals surface area contributed by atoms with Gasteiger partial charge in [0.1, 0.15) is 12.8 Å². The second-order valence-corrected chi connectivity index (χ2v) is 4.38. The number of benzene rings is 2. The van der Waals surface area contributed by atoms with Crippen molar-refractivity contribution in [2.24, 2.45) is 5.16 Å². The molecule has 2 aromatic rings. The van der Waals surface area contributed by atoms with Gasteiger partial charge in [-0.05, 0) is 12.5 Å². The SMILES string of the molecule is Cc1ccc(CO/N=[C]\c2ccc(C(F)F)cc2)cc1. The van der Waals surface area contributed by atoms with Crippen molar-refractivity contribution in [1.29, 1.82) is 0 Å². The van der Waals surface area contributed by atoms with Crippen LogP contribution >= 0.6 is 0 Å². The van der Waals surface area contributed by atoms with E-state index in [2.05, 4.69) is 11.4 Å². The second kappa shape index (κ2) is 6.80. The minimum Gasteiger partial charge on any atom is -0.390 e. The lowest BCUT2D eigenvalue weighted by Gasteiger charge is -2.00. The molecule has 0 aliphatic rings. The van der Waals surface area contributed by atoms with Crippen molar-refractivity contribution in [3.8, 4) is 0 Å². The first-order valence-corrected chi connectivity index (χ1v) is 6.17. The Hall–Kier alpha value is -2.23. The molecule has 0 aliphatic heterocycles. The van der Waals surface area contributed by atoms with Gasteiger partial charge in [0, 0.05) is 11.1 Å². The van der Waals surface area contributed by atoms with Crippen molar-refractivity contribution in [1.82, 2.24) is 0 Å². The number of rotatable bonds is 5. The van der Waals surface area contributed by atoms with Crippen LogP contribution in [0.2, 0.25) is 0 Å². The molecule has 0 saturated heterocycles. The lowest BCUT2D eigenvalue weighted by molar-refractivity contribution is 0.132. The first kappa shape index (κ1) is 14.2. The van der Waals surface area contributed by atoms with Gasteiger partial charge in [0.2, 0.25) is 0 Å². The third kappa shape index (κ3) is 4.16. The van der Waals surface area contributed by atoms with E-state index in [0.717, 1.165) is 5.56 Å². The monoisotopic (exact) mass is 274 g/mol. The first-order chi connectivity index (χ1) is 9.65. The van der Waals surface area contributed by atoms with Crippen LogP contribution < -0.4 is 0 Å². The van der Waals surface area contributed by atoms with Crippen molar-refractivity contribution in [2.75, 3.05) is 0 Å². The highest BCUT2D eigenvalue weighted by Crippen LogP contribution is 2.18. The Morgan fingerprint density at radius 3 is 2.30 bits per heavy atom. The molecule has 0 fully saturated rings. The van der Waals surface area contributed by atoms with E-state index < -0.39 is 6.43 Å². The number of aryl methyl sites for hydroxylation is 1. The predicted molar refractivity (Wildman–Crippen MR) is 73.9 cm³/mol. The van der Waals surface area contributed by atoms with E-state index >= 15 is 0 Å². The normalized spacial score (nSPS) is 11.2. The molecule has 0 unspecified atom stereocenters. The highest BCUT2D eigenvalue weighted by Gasteiger charge is 2.05. The van der Waals surface area contributed by atoms with Crippen molar-refractivity contribution < 1.29 is 13.6 Å². The molecule has 0 aliphatic carbocycles. The fourth-order valence-electron chi connectivity index (χ4n) is 1.58. The summed E-state index contributed by atoms with van der Waals surface area (Å²) in [6.07, 6.45) is 0.191. The van der Waals surface area contributed by atoms with Crippen LogP contribution in [-0.4, -0.2) is 6.21 Å². The molecule has 0 heterocycles. The highest BCUT2D eigenvalue weighted by molar-refractivity contribution is 5.79. The summed E-state index contributed by atoms with van der Waals surface area (Å²) in [5, 5.41) is 3.70. The number of halogens is 2. The fourth-order valence-corrected chi connectivity index (χ4v) is 1.58. The van der Waals surface area contributed by atoms with E-state index in [1.165, 1.54) is 29.8 Å². The molecule has 0 aromatic heterocycles. The Morgan fingerprint density at radius 2 is 1.70 bits per heavy atom. The topological polar surface area (TPSA) is 21.6 Å². The summed E-state index contributed by atoms with van der Waals surface area (Å²) in [5.74, 6) is 0. The summed E-state index contributed by atoms with van der Waals surface area (Å²) in [5.41, 5.74) is 2.77.